The molecule has 9 heteroatoms. The molecular weight excluding hydrogens is 389 g/mol. The number of nitrogens with zero attached hydrogens (tertiary/aromatic N) is 2. The van der Waals surface area contributed by atoms with Crippen LogP contribution < -0.4 is 0 Å². The van der Waals surface area contributed by atoms with E-state index in [4.69, 9.17) is 9.47 Å². The van der Waals surface area contributed by atoms with E-state index in [9.17, 15) is 22.8 Å². The number of rotatable bonds is 7. The van der Waals surface area contributed by atoms with Crippen molar-refractivity contribution < 1.29 is 32.2 Å². The summed E-state index contributed by atoms with van der Waals surface area (Å²) in [4.78, 5) is 29.7. The fourth-order valence-electron chi connectivity index (χ4n) is 2.77. The second-order valence-electron chi connectivity index (χ2n) is 6.15. The Morgan fingerprint density at radius 2 is 1.93 bits per heavy atom. The van der Waals surface area contributed by atoms with E-state index in [-0.39, 0.29) is 24.3 Å². The number of benzene rings is 1. The maximum Gasteiger partial charge on any atom is 0.434 e. The summed E-state index contributed by atoms with van der Waals surface area (Å²) in [6.45, 7) is 1.96. The number of carbonyl (C=O) groups excluding carboxylic acids is 2. The van der Waals surface area contributed by atoms with Gasteiger partial charge >= 0.3 is 12.1 Å². The molecule has 0 spiro atoms. The summed E-state index contributed by atoms with van der Waals surface area (Å²) in [6, 6.07) is 6.54. The van der Waals surface area contributed by atoms with Crippen molar-refractivity contribution in [1.29, 1.82) is 0 Å². The Labute approximate surface area is 166 Å². The average Bonchev–Trinajstić information content (AvgIpc) is 2.71. The van der Waals surface area contributed by atoms with Crippen molar-refractivity contribution in [3.63, 3.8) is 0 Å². The lowest BCUT2D eigenvalue weighted by Crippen LogP contribution is -2.36. The van der Waals surface area contributed by atoms with Crippen LogP contribution in [0.4, 0.5) is 13.2 Å². The number of hydrogen-bond acceptors (Lipinski definition) is 6. The predicted octanol–water partition coefficient (Wildman–Crippen LogP) is 3.14. The van der Waals surface area contributed by atoms with Gasteiger partial charge in [0.05, 0.1) is 27.0 Å². The number of allylic oxidation sites excluding steroid dienone is 1. The number of ketones is 1. The first-order valence-electron chi connectivity index (χ1n) is 8.74. The number of carbonyl (C=O) groups is 2. The molecular formula is C20H21F3N2O4. The number of ether oxygens (including phenoxy) is 2. The van der Waals surface area contributed by atoms with Crippen LogP contribution in [-0.4, -0.2) is 55.8 Å². The third-order valence-corrected chi connectivity index (χ3v) is 4.23. The van der Waals surface area contributed by atoms with Crippen molar-refractivity contribution in [3.05, 3.63) is 53.6 Å². The molecule has 156 valence electrons. The highest BCUT2D eigenvalue weighted by atomic mass is 19.4. The first-order valence-corrected chi connectivity index (χ1v) is 8.74. The van der Waals surface area contributed by atoms with Gasteiger partial charge in [0, 0.05) is 19.2 Å². The Morgan fingerprint density at radius 1 is 1.24 bits per heavy atom. The number of hydrogen-bond donors (Lipinski definition) is 0. The molecule has 6 nitrogen and oxygen atoms in total. The molecule has 1 aliphatic heterocycles. The summed E-state index contributed by atoms with van der Waals surface area (Å²) in [7, 11) is 2.57. The number of esters is 1. The Hall–Kier alpha value is -3.10. The van der Waals surface area contributed by atoms with Gasteiger partial charge in [0.2, 0.25) is 0 Å². The number of alkyl halides is 3. The zero-order valence-electron chi connectivity index (χ0n) is 16.2. The minimum absolute atomic E-state index is 0.0190. The van der Waals surface area contributed by atoms with Gasteiger partial charge in [-0.05, 0) is 18.1 Å². The Bertz CT molecular complexity index is 873. The maximum absolute atomic E-state index is 13.1. The highest BCUT2D eigenvalue weighted by Gasteiger charge is 2.37. The van der Waals surface area contributed by atoms with E-state index in [1.165, 1.54) is 25.4 Å². The molecule has 29 heavy (non-hydrogen) atoms. The summed E-state index contributed by atoms with van der Waals surface area (Å²) in [5.74, 6) is -1.23. The predicted molar refractivity (Wildman–Crippen MR) is 101 cm³/mol. The van der Waals surface area contributed by atoms with Crippen LogP contribution in [0.15, 0.2) is 47.4 Å². The van der Waals surface area contributed by atoms with Gasteiger partial charge in [-0.3, -0.25) is 4.79 Å². The molecule has 0 radical (unpaired) electrons. The summed E-state index contributed by atoms with van der Waals surface area (Å²) < 4.78 is 49.0. The van der Waals surface area contributed by atoms with Gasteiger partial charge in [-0.2, -0.15) is 13.2 Å². The quantitative estimate of drug-likeness (QED) is 0.393. The molecule has 0 N–H and O–H groups in total. The van der Waals surface area contributed by atoms with Crippen molar-refractivity contribution in [2.45, 2.75) is 19.5 Å². The van der Waals surface area contributed by atoms with Crippen molar-refractivity contribution in [2.24, 2.45) is 4.99 Å². The van der Waals surface area contributed by atoms with E-state index in [1.54, 1.807) is 31.2 Å². The van der Waals surface area contributed by atoms with Crippen molar-refractivity contribution >= 4 is 23.0 Å². The van der Waals surface area contributed by atoms with E-state index in [0.29, 0.717) is 17.7 Å². The molecule has 1 aromatic rings. The largest absolute Gasteiger partial charge is 0.503 e. The molecule has 0 saturated carbocycles. The Kier molecular flexibility index (Phi) is 7.19. The van der Waals surface area contributed by atoms with Crippen LogP contribution in [0.2, 0.25) is 0 Å². The number of Topliss-reactive ketones (excluding diaryl/α,β-unsaturated/α-hetero) is 1. The van der Waals surface area contributed by atoms with E-state index in [2.05, 4.69) is 4.99 Å². The van der Waals surface area contributed by atoms with Gasteiger partial charge in [0.25, 0.3) is 0 Å². The van der Waals surface area contributed by atoms with E-state index in [0.717, 1.165) is 6.20 Å². The number of halogens is 3. The van der Waals surface area contributed by atoms with Crippen LogP contribution in [0.25, 0.3) is 5.57 Å². The zero-order valence-corrected chi connectivity index (χ0v) is 16.2. The van der Waals surface area contributed by atoms with E-state index < -0.39 is 23.6 Å². The van der Waals surface area contributed by atoms with Gasteiger partial charge in [0.15, 0.2) is 11.5 Å². The van der Waals surface area contributed by atoms with Crippen LogP contribution in [0.5, 0.6) is 0 Å². The van der Waals surface area contributed by atoms with Crippen molar-refractivity contribution in [2.75, 3.05) is 27.3 Å². The van der Waals surface area contributed by atoms with Gasteiger partial charge in [-0.1, -0.05) is 24.3 Å². The van der Waals surface area contributed by atoms with E-state index in [1.807, 2.05) is 0 Å². The molecule has 0 atom stereocenters. The standard InChI is InChI=1S/C20H21F3N2O4/c1-4-25-10-16(24-18(11-25)20(21,22)23)17(26)9-13-7-5-6-8-14(13)15(12-28-2)19(27)29-3/h5-8,11-12H,4,9-10H2,1-3H3. The summed E-state index contributed by atoms with van der Waals surface area (Å²) in [5, 5.41) is 0. The molecule has 0 aliphatic carbocycles. The molecule has 1 aliphatic rings. The summed E-state index contributed by atoms with van der Waals surface area (Å²) in [5.41, 5.74) is -0.372. The third kappa shape index (κ3) is 5.46. The SMILES string of the molecule is CCN1C=C(C(F)(F)F)N=C(C(=O)Cc2ccccc2C(=COC)C(=O)OC)C1. The molecule has 0 aromatic heterocycles. The normalized spacial score (nSPS) is 14.8. The molecule has 1 aromatic carbocycles. The van der Waals surface area contributed by atoms with E-state index >= 15 is 0 Å². The van der Waals surface area contributed by atoms with Gasteiger partial charge in [-0.15, -0.1) is 0 Å². The van der Waals surface area contributed by atoms with Crippen LogP contribution in [-0.2, 0) is 25.5 Å². The summed E-state index contributed by atoms with van der Waals surface area (Å²) >= 11 is 0. The fraction of sp³-hybridized carbons (Fsp3) is 0.350. The average molecular weight is 410 g/mol. The van der Waals surface area contributed by atoms with Crippen molar-refractivity contribution in [3.8, 4) is 0 Å². The van der Waals surface area contributed by atoms with Gasteiger partial charge < -0.3 is 14.4 Å². The lowest BCUT2D eigenvalue weighted by atomic mass is 9.95. The molecule has 1 heterocycles. The van der Waals surface area contributed by atoms with Crippen LogP contribution in [0.1, 0.15) is 18.1 Å². The van der Waals surface area contributed by atoms with Gasteiger partial charge in [0.1, 0.15) is 11.3 Å². The minimum atomic E-state index is -4.66. The maximum atomic E-state index is 13.1. The lowest BCUT2D eigenvalue weighted by Gasteiger charge is -2.25. The minimum Gasteiger partial charge on any atom is -0.503 e. The number of methoxy groups -OCH3 is 2. The topological polar surface area (TPSA) is 68.2 Å². The Balaban J connectivity index is 2.37. The second-order valence-corrected chi connectivity index (χ2v) is 6.15. The molecule has 0 saturated heterocycles. The Morgan fingerprint density at radius 3 is 2.52 bits per heavy atom. The van der Waals surface area contributed by atoms with Crippen LogP contribution in [0.3, 0.4) is 0 Å². The van der Waals surface area contributed by atoms with Crippen LogP contribution >= 0.6 is 0 Å². The third-order valence-electron chi connectivity index (χ3n) is 4.23. The smallest absolute Gasteiger partial charge is 0.434 e. The molecule has 0 fully saturated rings. The lowest BCUT2D eigenvalue weighted by molar-refractivity contribution is -0.133. The molecule has 0 unspecified atom stereocenters. The molecule has 0 amide bonds. The first-order chi connectivity index (χ1) is 13.7. The molecule has 0 bridgehead atoms. The first kappa shape index (κ1) is 22.2. The summed E-state index contributed by atoms with van der Waals surface area (Å²) in [6.07, 6.45) is -2.79. The highest BCUT2D eigenvalue weighted by Crippen LogP contribution is 2.29. The fourth-order valence-corrected chi connectivity index (χ4v) is 2.77. The molecule has 2 rings (SSSR count). The second kappa shape index (κ2) is 9.40. The monoisotopic (exact) mass is 410 g/mol. The number of aliphatic imine (C=N–C) groups is 1. The zero-order chi connectivity index (χ0) is 21.6. The highest BCUT2D eigenvalue weighted by molar-refractivity contribution is 6.41. The van der Waals surface area contributed by atoms with Gasteiger partial charge in [-0.25, -0.2) is 9.79 Å². The van der Waals surface area contributed by atoms with Crippen LogP contribution in [0, 0.1) is 0 Å². The van der Waals surface area contributed by atoms with Crippen molar-refractivity contribution in [1.82, 2.24) is 4.90 Å².